The van der Waals surface area contributed by atoms with Crippen molar-refractivity contribution in [1.29, 1.82) is 0 Å². The lowest BCUT2D eigenvalue weighted by Crippen LogP contribution is -2.25. The van der Waals surface area contributed by atoms with Crippen LogP contribution in [0.2, 0.25) is 0 Å². The summed E-state index contributed by atoms with van der Waals surface area (Å²) in [7, 11) is 0. The molecule has 0 saturated heterocycles. The molecule has 2 aromatic carbocycles. The first-order chi connectivity index (χ1) is 10.2. The van der Waals surface area contributed by atoms with Gasteiger partial charge in [0.15, 0.2) is 0 Å². The first-order valence-corrected chi connectivity index (χ1v) is 7.43. The van der Waals surface area contributed by atoms with Crippen molar-refractivity contribution < 1.29 is 9.13 Å². The van der Waals surface area contributed by atoms with Crippen LogP contribution in [0.25, 0.3) is 0 Å². The van der Waals surface area contributed by atoms with Crippen LogP contribution in [-0.4, -0.2) is 12.6 Å². The predicted molar refractivity (Wildman–Crippen MR) is 81.8 cm³/mol. The molecule has 110 valence electrons. The Morgan fingerprint density at radius 1 is 1.19 bits per heavy atom. The van der Waals surface area contributed by atoms with Crippen LogP contribution in [0.5, 0.6) is 5.75 Å². The van der Waals surface area contributed by atoms with Gasteiger partial charge in [0, 0.05) is 12.0 Å². The van der Waals surface area contributed by atoms with Gasteiger partial charge in [-0.1, -0.05) is 30.3 Å². The van der Waals surface area contributed by atoms with Gasteiger partial charge in [0.05, 0.1) is 0 Å². The van der Waals surface area contributed by atoms with Crippen LogP contribution < -0.4 is 10.5 Å². The summed E-state index contributed by atoms with van der Waals surface area (Å²) >= 11 is 0. The Hall–Kier alpha value is -1.87. The van der Waals surface area contributed by atoms with Gasteiger partial charge in [0.25, 0.3) is 0 Å². The maximum atomic E-state index is 13.2. The van der Waals surface area contributed by atoms with E-state index in [4.69, 9.17) is 10.5 Å². The molecule has 2 unspecified atom stereocenters. The maximum Gasteiger partial charge on any atom is 0.123 e. The van der Waals surface area contributed by atoms with Crippen molar-refractivity contribution in [2.75, 3.05) is 6.54 Å². The minimum Gasteiger partial charge on any atom is -0.490 e. The second-order valence-electron chi connectivity index (χ2n) is 5.72. The van der Waals surface area contributed by atoms with Crippen LogP contribution in [0.15, 0.2) is 48.5 Å². The molecule has 0 spiro atoms. The van der Waals surface area contributed by atoms with Gasteiger partial charge in [-0.2, -0.15) is 0 Å². The molecule has 1 heterocycles. The largest absolute Gasteiger partial charge is 0.490 e. The van der Waals surface area contributed by atoms with Gasteiger partial charge in [-0.05, 0) is 49.1 Å². The van der Waals surface area contributed by atoms with Crippen molar-refractivity contribution in [3.8, 4) is 5.75 Å². The number of fused-ring (bicyclic) bond motifs is 1. The van der Waals surface area contributed by atoms with E-state index in [0.29, 0.717) is 12.5 Å². The highest BCUT2D eigenvalue weighted by atomic mass is 19.1. The molecule has 0 bridgehead atoms. The molecule has 0 saturated carbocycles. The fourth-order valence-electron chi connectivity index (χ4n) is 3.00. The normalized spacial score (nSPS) is 18.1. The minimum atomic E-state index is -0.197. The number of halogens is 1. The number of hydrogen-bond acceptors (Lipinski definition) is 2. The zero-order chi connectivity index (χ0) is 14.7. The third-order valence-corrected chi connectivity index (χ3v) is 4.06. The fourth-order valence-corrected chi connectivity index (χ4v) is 3.00. The minimum absolute atomic E-state index is 0.110. The number of hydrogen-bond donors (Lipinski definition) is 1. The van der Waals surface area contributed by atoms with E-state index in [0.717, 1.165) is 30.6 Å². The number of nitrogens with two attached hydrogens (primary N) is 1. The van der Waals surface area contributed by atoms with Gasteiger partial charge in [-0.15, -0.1) is 0 Å². The lowest BCUT2D eigenvalue weighted by atomic mass is 9.92. The van der Waals surface area contributed by atoms with Crippen molar-refractivity contribution in [3.63, 3.8) is 0 Å². The zero-order valence-corrected chi connectivity index (χ0v) is 12.0. The van der Waals surface area contributed by atoms with E-state index in [9.17, 15) is 4.39 Å². The molecule has 21 heavy (non-hydrogen) atoms. The standard InChI is InChI=1S/C18H20FNO/c19-16-6-7-18-15(10-16)11-17(21-18)9-14(12-20)8-13-4-2-1-3-5-13/h1-7,10,14,17H,8-9,11-12,20H2. The molecule has 1 aliphatic heterocycles. The van der Waals surface area contributed by atoms with Crippen molar-refractivity contribution in [2.45, 2.75) is 25.4 Å². The highest BCUT2D eigenvalue weighted by molar-refractivity contribution is 5.37. The summed E-state index contributed by atoms with van der Waals surface area (Å²) < 4.78 is 19.1. The van der Waals surface area contributed by atoms with Crippen molar-refractivity contribution in [2.24, 2.45) is 11.7 Å². The molecular formula is C18H20FNO. The quantitative estimate of drug-likeness (QED) is 0.914. The number of rotatable bonds is 5. The Morgan fingerprint density at radius 2 is 2.00 bits per heavy atom. The summed E-state index contributed by atoms with van der Waals surface area (Å²) in [6.07, 6.45) is 2.75. The summed E-state index contributed by atoms with van der Waals surface area (Å²) in [5.74, 6) is 1.01. The first kappa shape index (κ1) is 14.1. The van der Waals surface area contributed by atoms with Gasteiger partial charge in [-0.3, -0.25) is 0 Å². The van der Waals surface area contributed by atoms with Gasteiger partial charge < -0.3 is 10.5 Å². The molecule has 2 aromatic rings. The van der Waals surface area contributed by atoms with Crippen LogP contribution in [-0.2, 0) is 12.8 Å². The van der Waals surface area contributed by atoms with Gasteiger partial charge >= 0.3 is 0 Å². The third kappa shape index (κ3) is 3.42. The fraction of sp³-hybridized carbons (Fsp3) is 0.333. The van der Waals surface area contributed by atoms with Crippen molar-refractivity contribution >= 4 is 0 Å². The van der Waals surface area contributed by atoms with E-state index in [-0.39, 0.29) is 11.9 Å². The molecule has 3 heteroatoms. The summed E-state index contributed by atoms with van der Waals surface area (Å²) in [4.78, 5) is 0. The average Bonchev–Trinajstić information content (AvgIpc) is 2.89. The molecule has 1 aliphatic rings. The summed E-state index contributed by atoms with van der Waals surface area (Å²) in [5, 5.41) is 0. The van der Waals surface area contributed by atoms with Gasteiger partial charge in [-0.25, -0.2) is 4.39 Å². The molecule has 2 atom stereocenters. The van der Waals surface area contributed by atoms with E-state index >= 15 is 0 Å². The molecule has 0 radical (unpaired) electrons. The molecule has 3 rings (SSSR count). The first-order valence-electron chi connectivity index (χ1n) is 7.43. The Labute approximate surface area is 124 Å². The summed E-state index contributed by atoms with van der Waals surface area (Å²) in [6.45, 7) is 0.638. The van der Waals surface area contributed by atoms with Crippen LogP contribution in [0.1, 0.15) is 17.5 Å². The Balaban J connectivity index is 1.61. The smallest absolute Gasteiger partial charge is 0.123 e. The van der Waals surface area contributed by atoms with Crippen LogP contribution in [0, 0.1) is 11.7 Å². The van der Waals surface area contributed by atoms with Crippen LogP contribution >= 0.6 is 0 Å². The van der Waals surface area contributed by atoms with E-state index in [1.54, 1.807) is 12.1 Å². The van der Waals surface area contributed by atoms with Crippen molar-refractivity contribution in [3.05, 3.63) is 65.5 Å². The molecule has 2 N–H and O–H groups in total. The molecule has 0 aromatic heterocycles. The SMILES string of the molecule is NCC(Cc1ccccc1)CC1Cc2cc(F)ccc2O1. The molecular weight excluding hydrogens is 265 g/mol. The predicted octanol–water partition coefficient (Wildman–Crippen LogP) is 3.34. The Bertz CT molecular complexity index is 599. The highest BCUT2D eigenvalue weighted by Gasteiger charge is 2.25. The lowest BCUT2D eigenvalue weighted by Gasteiger charge is -2.19. The third-order valence-electron chi connectivity index (χ3n) is 4.06. The van der Waals surface area contributed by atoms with Crippen LogP contribution in [0.4, 0.5) is 4.39 Å². The molecule has 0 fully saturated rings. The van der Waals surface area contributed by atoms with E-state index in [2.05, 4.69) is 12.1 Å². The van der Waals surface area contributed by atoms with E-state index < -0.39 is 0 Å². The number of ether oxygens (including phenoxy) is 1. The van der Waals surface area contributed by atoms with Gasteiger partial charge in [0.2, 0.25) is 0 Å². The maximum absolute atomic E-state index is 13.2. The highest BCUT2D eigenvalue weighted by Crippen LogP contribution is 2.32. The Kier molecular flexibility index (Phi) is 4.20. The van der Waals surface area contributed by atoms with E-state index in [1.165, 1.54) is 11.6 Å². The average molecular weight is 285 g/mol. The number of benzene rings is 2. The Morgan fingerprint density at radius 3 is 2.76 bits per heavy atom. The topological polar surface area (TPSA) is 35.2 Å². The second kappa shape index (κ2) is 6.27. The van der Waals surface area contributed by atoms with Crippen LogP contribution in [0.3, 0.4) is 0 Å². The molecule has 0 amide bonds. The monoisotopic (exact) mass is 285 g/mol. The lowest BCUT2D eigenvalue weighted by molar-refractivity contribution is 0.194. The van der Waals surface area contributed by atoms with E-state index in [1.807, 2.05) is 18.2 Å². The second-order valence-corrected chi connectivity index (χ2v) is 5.72. The molecule has 0 aliphatic carbocycles. The summed E-state index contributed by atoms with van der Waals surface area (Å²) in [6, 6.07) is 15.1. The summed E-state index contributed by atoms with van der Waals surface area (Å²) in [5.41, 5.74) is 8.18. The zero-order valence-electron chi connectivity index (χ0n) is 12.0. The van der Waals surface area contributed by atoms with Gasteiger partial charge in [0.1, 0.15) is 17.7 Å². The van der Waals surface area contributed by atoms with Crippen molar-refractivity contribution in [1.82, 2.24) is 0 Å². The molecule has 2 nitrogen and oxygen atoms in total.